The predicted molar refractivity (Wildman–Crippen MR) is 57.7 cm³/mol. The maximum Gasteiger partial charge on any atom is 0.250 e. The third-order valence-electron chi connectivity index (χ3n) is 2.56. The zero-order valence-electron chi connectivity index (χ0n) is 8.59. The maximum atomic E-state index is 11.6. The van der Waals surface area contributed by atoms with Crippen molar-refractivity contribution in [3.8, 4) is 0 Å². The number of nitrogens with two attached hydrogens (primary N) is 2. The molecule has 2 rings (SSSR count). The number of aromatic nitrogens is 1. The number of hydrogen-bond donors (Lipinski definition) is 2. The van der Waals surface area contributed by atoms with Gasteiger partial charge in [0.05, 0.1) is 11.6 Å². The molecule has 84 valence electrons. The minimum absolute atomic E-state index is 0.140. The van der Waals surface area contributed by atoms with Gasteiger partial charge in [-0.15, -0.1) is 0 Å². The maximum absolute atomic E-state index is 11.6. The Morgan fingerprint density at radius 3 is 2.69 bits per heavy atom. The van der Waals surface area contributed by atoms with Gasteiger partial charge >= 0.3 is 0 Å². The fourth-order valence-electron chi connectivity index (χ4n) is 1.62. The number of pyridine rings is 1. The van der Waals surface area contributed by atoms with Crippen LogP contribution < -0.4 is 16.4 Å². The normalized spacial score (nSPS) is 20.2. The van der Waals surface area contributed by atoms with E-state index in [0.717, 1.165) is 0 Å². The van der Waals surface area contributed by atoms with E-state index in [1.807, 2.05) is 0 Å². The zero-order chi connectivity index (χ0) is 11.7. The number of hydrogen-bond acceptors (Lipinski definition) is 4. The highest BCUT2D eigenvalue weighted by atomic mass is 16.2. The molecule has 0 radical (unpaired) electrons. The molecule has 1 aromatic heterocycles. The second-order valence-corrected chi connectivity index (χ2v) is 3.65. The fraction of sp³-hybridized carbons (Fsp3) is 0.300. The summed E-state index contributed by atoms with van der Waals surface area (Å²) in [4.78, 5) is 28.0. The molecule has 0 spiro atoms. The van der Waals surface area contributed by atoms with Crippen molar-refractivity contribution >= 4 is 17.6 Å². The van der Waals surface area contributed by atoms with Crippen molar-refractivity contribution in [3.05, 3.63) is 23.9 Å². The first-order valence-electron chi connectivity index (χ1n) is 4.92. The summed E-state index contributed by atoms with van der Waals surface area (Å²) in [6, 6.07) is 2.69. The Morgan fingerprint density at radius 2 is 2.25 bits per heavy atom. The molecule has 4 N–H and O–H groups in total. The Morgan fingerprint density at radius 1 is 1.50 bits per heavy atom. The lowest BCUT2D eigenvalue weighted by Crippen LogP contribution is -2.34. The van der Waals surface area contributed by atoms with Gasteiger partial charge in [-0.1, -0.05) is 0 Å². The number of nitrogens with zero attached hydrogens (tertiary/aromatic N) is 2. The Balaban J connectivity index is 2.22. The molecule has 6 heteroatoms. The third-order valence-corrected chi connectivity index (χ3v) is 2.56. The number of primary amides is 1. The molecule has 0 bridgehead atoms. The van der Waals surface area contributed by atoms with Gasteiger partial charge in [-0.05, 0) is 18.6 Å². The molecule has 6 nitrogen and oxygen atoms in total. The predicted octanol–water partition coefficient (Wildman–Crippen LogP) is -0.756. The average molecular weight is 220 g/mol. The highest BCUT2D eigenvalue weighted by Gasteiger charge is 2.30. The van der Waals surface area contributed by atoms with Crippen LogP contribution >= 0.6 is 0 Å². The molecule has 1 aliphatic rings. The van der Waals surface area contributed by atoms with E-state index in [2.05, 4.69) is 4.98 Å². The van der Waals surface area contributed by atoms with E-state index in [1.54, 1.807) is 12.1 Å². The molecule has 1 aromatic rings. The van der Waals surface area contributed by atoms with Gasteiger partial charge in [0.1, 0.15) is 5.82 Å². The molecule has 0 aliphatic carbocycles. The molecule has 16 heavy (non-hydrogen) atoms. The molecule has 1 fully saturated rings. The lowest BCUT2D eigenvalue weighted by molar-refractivity contribution is -0.118. The number of carbonyl (C=O) groups is 2. The van der Waals surface area contributed by atoms with E-state index < -0.39 is 11.9 Å². The Bertz CT molecular complexity index is 429. The summed E-state index contributed by atoms with van der Waals surface area (Å²) in [6.45, 7) is 0.558. The zero-order valence-corrected chi connectivity index (χ0v) is 8.59. The molecular formula is C10H12N4O2. The van der Waals surface area contributed by atoms with E-state index in [-0.39, 0.29) is 5.91 Å². The number of anilines is 1. The van der Waals surface area contributed by atoms with Crippen LogP contribution in [0.5, 0.6) is 0 Å². The van der Waals surface area contributed by atoms with Crippen molar-refractivity contribution in [2.24, 2.45) is 11.5 Å². The second-order valence-electron chi connectivity index (χ2n) is 3.65. The van der Waals surface area contributed by atoms with Crippen LogP contribution in [0.15, 0.2) is 18.3 Å². The van der Waals surface area contributed by atoms with Gasteiger partial charge < -0.3 is 11.5 Å². The van der Waals surface area contributed by atoms with Gasteiger partial charge in [-0.3, -0.25) is 14.5 Å². The molecule has 0 saturated carbocycles. The molecular weight excluding hydrogens is 208 g/mol. The number of carbonyl (C=O) groups excluding carboxylic acids is 2. The Labute approximate surface area is 92.2 Å². The molecule has 2 heterocycles. The standard InChI is InChI=1S/C10H12N4O2/c11-7-3-4-14(10(7)16)8-2-1-6(5-13-8)9(12)15/h1-2,5,7H,3-4,11H2,(H2,12,15). The lowest BCUT2D eigenvalue weighted by atomic mass is 10.2. The average Bonchev–Trinajstić information content (AvgIpc) is 2.60. The van der Waals surface area contributed by atoms with E-state index >= 15 is 0 Å². The van der Waals surface area contributed by atoms with Crippen molar-refractivity contribution in [2.45, 2.75) is 12.5 Å². The van der Waals surface area contributed by atoms with Crippen LogP contribution in [0, 0.1) is 0 Å². The van der Waals surface area contributed by atoms with Crippen LogP contribution in [0.3, 0.4) is 0 Å². The van der Waals surface area contributed by atoms with Crippen molar-refractivity contribution in [1.82, 2.24) is 4.98 Å². The molecule has 0 aromatic carbocycles. The van der Waals surface area contributed by atoms with Crippen LogP contribution in [0.1, 0.15) is 16.8 Å². The molecule has 2 amide bonds. The van der Waals surface area contributed by atoms with E-state index in [1.165, 1.54) is 11.1 Å². The van der Waals surface area contributed by atoms with Gasteiger partial charge in [-0.2, -0.15) is 0 Å². The van der Waals surface area contributed by atoms with Crippen molar-refractivity contribution in [1.29, 1.82) is 0 Å². The smallest absolute Gasteiger partial charge is 0.250 e. The van der Waals surface area contributed by atoms with Crippen molar-refractivity contribution in [3.63, 3.8) is 0 Å². The molecule has 1 unspecified atom stereocenters. The third kappa shape index (κ3) is 1.74. The minimum atomic E-state index is -0.538. The second kappa shape index (κ2) is 3.90. The monoisotopic (exact) mass is 220 g/mol. The van der Waals surface area contributed by atoms with Crippen LogP contribution in [0.2, 0.25) is 0 Å². The fourth-order valence-corrected chi connectivity index (χ4v) is 1.62. The van der Waals surface area contributed by atoms with Gasteiger partial charge in [0.25, 0.3) is 0 Å². The summed E-state index contributed by atoms with van der Waals surface area (Å²) >= 11 is 0. The van der Waals surface area contributed by atoms with Gasteiger partial charge in [0.2, 0.25) is 11.8 Å². The molecule has 1 atom stereocenters. The van der Waals surface area contributed by atoms with Gasteiger partial charge in [0, 0.05) is 12.7 Å². The summed E-state index contributed by atoms with van der Waals surface area (Å²) < 4.78 is 0. The van der Waals surface area contributed by atoms with Crippen LogP contribution in [-0.4, -0.2) is 29.4 Å². The lowest BCUT2D eigenvalue weighted by Gasteiger charge is -2.14. The summed E-state index contributed by atoms with van der Waals surface area (Å²) in [5.41, 5.74) is 11.0. The largest absolute Gasteiger partial charge is 0.366 e. The topological polar surface area (TPSA) is 102 Å². The van der Waals surface area contributed by atoms with Crippen molar-refractivity contribution < 1.29 is 9.59 Å². The highest BCUT2D eigenvalue weighted by Crippen LogP contribution is 2.18. The first-order valence-corrected chi connectivity index (χ1v) is 4.92. The quantitative estimate of drug-likeness (QED) is 0.684. The summed E-state index contributed by atoms with van der Waals surface area (Å²) in [7, 11) is 0. The van der Waals surface area contributed by atoms with Crippen LogP contribution in [0.4, 0.5) is 5.82 Å². The van der Waals surface area contributed by atoms with Gasteiger partial charge in [0.15, 0.2) is 0 Å². The number of amides is 2. The van der Waals surface area contributed by atoms with E-state index in [4.69, 9.17) is 11.5 Å². The van der Waals surface area contributed by atoms with Crippen LogP contribution in [-0.2, 0) is 4.79 Å². The Hall–Kier alpha value is -1.95. The van der Waals surface area contributed by atoms with Crippen LogP contribution in [0.25, 0.3) is 0 Å². The van der Waals surface area contributed by atoms with Gasteiger partial charge in [-0.25, -0.2) is 4.98 Å². The van der Waals surface area contributed by atoms with E-state index in [9.17, 15) is 9.59 Å². The first-order chi connectivity index (χ1) is 7.59. The SMILES string of the molecule is NC(=O)c1ccc(N2CCC(N)C2=O)nc1. The minimum Gasteiger partial charge on any atom is -0.366 e. The summed E-state index contributed by atoms with van der Waals surface area (Å²) in [5.74, 6) is -0.175. The summed E-state index contributed by atoms with van der Waals surface area (Å²) in [5, 5.41) is 0. The summed E-state index contributed by atoms with van der Waals surface area (Å²) in [6.07, 6.45) is 1.98. The first kappa shape index (κ1) is 10.6. The molecule has 1 aliphatic heterocycles. The van der Waals surface area contributed by atoms with Crippen molar-refractivity contribution in [2.75, 3.05) is 11.4 Å². The number of rotatable bonds is 2. The highest BCUT2D eigenvalue weighted by molar-refractivity contribution is 5.99. The molecule has 1 saturated heterocycles. The Kier molecular flexibility index (Phi) is 2.57. The van der Waals surface area contributed by atoms with E-state index in [0.29, 0.717) is 24.3 Å².